The first kappa shape index (κ1) is 10.7. The summed E-state index contributed by atoms with van der Waals surface area (Å²) in [6.07, 6.45) is 3.92. The molecule has 18 heavy (non-hydrogen) atoms. The second kappa shape index (κ2) is 4.44. The van der Waals surface area contributed by atoms with E-state index in [2.05, 4.69) is 27.1 Å². The van der Waals surface area contributed by atoms with E-state index >= 15 is 0 Å². The first-order valence-electron chi connectivity index (χ1n) is 5.63. The van der Waals surface area contributed by atoms with Crippen LogP contribution in [0.4, 0.5) is 0 Å². The Bertz CT molecular complexity index is 663. The molecule has 0 radical (unpaired) electrons. The minimum Gasteiger partial charge on any atom is -0.468 e. The number of hydrogen-bond acceptors (Lipinski definition) is 4. The number of benzene rings is 1. The van der Waals surface area contributed by atoms with Crippen molar-refractivity contribution < 1.29 is 4.74 Å². The van der Waals surface area contributed by atoms with Gasteiger partial charge in [-0.3, -0.25) is 0 Å². The molecule has 2 aromatic heterocycles. The summed E-state index contributed by atoms with van der Waals surface area (Å²) in [6, 6.07) is 10.7. The molecular formula is C13H12N4O. The average Bonchev–Trinajstić information content (AvgIpc) is 2.83. The number of aromatic nitrogens is 4. The van der Waals surface area contributed by atoms with Crippen LogP contribution < -0.4 is 4.74 Å². The van der Waals surface area contributed by atoms with Crippen molar-refractivity contribution in [1.82, 2.24) is 19.4 Å². The molecular weight excluding hydrogens is 228 g/mol. The van der Waals surface area contributed by atoms with Crippen LogP contribution in [0.3, 0.4) is 0 Å². The van der Waals surface area contributed by atoms with Crippen LogP contribution in [0.1, 0.15) is 11.3 Å². The van der Waals surface area contributed by atoms with Gasteiger partial charge in [-0.2, -0.15) is 4.98 Å². The van der Waals surface area contributed by atoms with Gasteiger partial charge in [-0.05, 0) is 5.56 Å². The second-order valence-corrected chi connectivity index (χ2v) is 3.91. The Balaban J connectivity index is 2.03. The topological polar surface area (TPSA) is 52.3 Å². The van der Waals surface area contributed by atoms with Crippen molar-refractivity contribution in [3.8, 4) is 6.01 Å². The van der Waals surface area contributed by atoms with Crippen LogP contribution in [0.5, 0.6) is 6.01 Å². The van der Waals surface area contributed by atoms with Gasteiger partial charge in [0.25, 0.3) is 0 Å². The van der Waals surface area contributed by atoms with Gasteiger partial charge in [-0.15, -0.1) is 0 Å². The predicted molar refractivity (Wildman–Crippen MR) is 66.6 cm³/mol. The van der Waals surface area contributed by atoms with E-state index in [4.69, 9.17) is 4.74 Å². The van der Waals surface area contributed by atoms with Gasteiger partial charge in [0.15, 0.2) is 5.65 Å². The van der Waals surface area contributed by atoms with Crippen LogP contribution in [-0.2, 0) is 6.42 Å². The summed E-state index contributed by atoms with van der Waals surface area (Å²) >= 11 is 0. The van der Waals surface area contributed by atoms with Crippen molar-refractivity contribution in [1.29, 1.82) is 0 Å². The summed E-state index contributed by atoms with van der Waals surface area (Å²) in [7, 11) is 1.58. The van der Waals surface area contributed by atoms with Crippen LogP contribution >= 0.6 is 0 Å². The fourth-order valence-corrected chi connectivity index (χ4v) is 1.92. The fourth-order valence-electron chi connectivity index (χ4n) is 1.92. The van der Waals surface area contributed by atoms with E-state index in [0.29, 0.717) is 6.01 Å². The van der Waals surface area contributed by atoms with Crippen molar-refractivity contribution in [2.24, 2.45) is 0 Å². The maximum absolute atomic E-state index is 5.16. The maximum Gasteiger partial charge on any atom is 0.304 e. The smallest absolute Gasteiger partial charge is 0.304 e. The molecule has 0 unspecified atom stereocenters. The van der Waals surface area contributed by atoms with E-state index in [-0.39, 0.29) is 0 Å². The van der Waals surface area contributed by atoms with Crippen molar-refractivity contribution in [2.75, 3.05) is 7.11 Å². The second-order valence-electron chi connectivity index (χ2n) is 3.91. The van der Waals surface area contributed by atoms with Gasteiger partial charge in [0.1, 0.15) is 12.7 Å². The zero-order valence-corrected chi connectivity index (χ0v) is 9.95. The van der Waals surface area contributed by atoms with Crippen molar-refractivity contribution >= 4 is 5.65 Å². The molecule has 0 N–H and O–H groups in total. The van der Waals surface area contributed by atoms with Gasteiger partial charge in [-0.1, -0.05) is 30.3 Å². The Morgan fingerprint density at radius 2 is 1.94 bits per heavy atom. The van der Waals surface area contributed by atoms with Crippen LogP contribution in [0.2, 0.25) is 0 Å². The normalized spacial score (nSPS) is 10.7. The van der Waals surface area contributed by atoms with Gasteiger partial charge >= 0.3 is 6.01 Å². The standard InChI is InChI=1S/C13H12N4O/c1-18-13-15-8-14-12-11(16-9-17(12)13)7-10-5-3-2-4-6-10/h2-6,8-9H,7H2,1H3. The van der Waals surface area contributed by atoms with E-state index in [1.165, 1.54) is 11.9 Å². The van der Waals surface area contributed by atoms with E-state index < -0.39 is 0 Å². The highest BCUT2D eigenvalue weighted by Crippen LogP contribution is 2.15. The molecule has 90 valence electrons. The van der Waals surface area contributed by atoms with Gasteiger partial charge in [0.05, 0.1) is 12.8 Å². The SMILES string of the molecule is COc1ncnc2c(Cc3ccccc3)ncn12. The summed E-state index contributed by atoms with van der Waals surface area (Å²) in [5.74, 6) is 0. The number of fused-ring (bicyclic) bond motifs is 1. The Morgan fingerprint density at radius 3 is 2.72 bits per heavy atom. The number of nitrogens with zero attached hydrogens (tertiary/aromatic N) is 4. The number of imidazole rings is 1. The quantitative estimate of drug-likeness (QED) is 0.699. The molecule has 2 heterocycles. The molecule has 0 aliphatic carbocycles. The Kier molecular flexibility index (Phi) is 2.64. The highest BCUT2D eigenvalue weighted by Gasteiger charge is 2.10. The third kappa shape index (κ3) is 1.79. The van der Waals surface area contributed by atoms with Gasteiger partial charge < -0.3 is 4.74 Å². The zero-order chi connectivity index (χ0) is 12.4. The van der Waals surface area contributed by atoms with Crippen LogP contribution in [0.15, 0.2) is 43.0 Å². The summed E-state index contributed by atoms with van der Waals surface area (Å²) in [6.45, 7) is 0. The zero-order valence-electron chi connectivity index (χ0n) is 9.95. The third-order valence-corrected chi connectivity index (χ3v) is 2.77. The van der Waals surface area contributed by atoms with E-state index in [1.54, 1.807) is 17.8 Å². The number of methoxy groups -OCH3 is 1. The van der Waals surface area contributed by atoms with E-state index in [0.717, 1.165) is 17.8 Å². The number of ether oxygens (including phenoxy) is 1. The molecule has 3 rings (SSSR count). The maximum atomic E-state index is 5.16. The summed E-state index contributed by atoms with van der Waals surface area (Å²) in [5.41, 5.74) is 2.91. The lowest BCUT2D eigenvalue weighted by Gasteiger charge is -2.01. The fraction of sp³-hybridized carbons (Fsp3) is 0.154. The highest BCUT2D eigenvalue weighted by atomic mass is 16.5. The molecule has 3 aromatic rings. The van der Waals surface area contributed by atoms with Gasteiger partial charge in [0, 0.05) is 6.42 Å². The monoisotopic (exact) mass is 240 g/mol. The molecule has 5 nitrogen and oxygen atoms in total. The molecule has 0 aliphatic rings. The molecule has 1 aromatic carbocycles. The first-order chi connectivity index (χ1) is 8.88. The van der Waals surface area contributed by atoms with Crippen molar-refractivity contribution in [3.05, 3.63) is 54.2 Å². The molecule has 0 fully saturated rings. The molecule has 0 saturated heterocycles. The molecule has 0 aliphatic heterocycles. The largest absolute Gasteiger partial charge is 0.468 e. The molecule has 5 heteroatoms. The lowest BCUT2D eigenvalue weighted by atomic mass is 10.1. The Labute approximate surface area is 104 Å². The Morgan fingerprint density at radius 1 is 1.11 bits per heavy atom. The first-order valence-corrected chi connectivity index (χ1v) is 5.63. The highest BCUT2D eigenvalue weighted by molar-refractivity contribution is 5.46. The lowest BCUT2D eigenvalue weighted by Crippen LogP contribution is -1.98. The lowest BCUT2D eigenvalue weighted by molar-refractivity contribution is 0.372. The van der Waals surface area contributed by atoms with Crippen LogP contribution in [0, 0.1) is 0 Å². The van der Waals surface area contributed by atoms with Crippen molar-refractivity contribution in [2.45, 2.75) is 6.42 Å². The minimum absolute atomic E-state index is 0.492. The van der Waals surface area contributed by atoms with E-state index in [1.807, 2.05) is 18.2 Å². The van der Waals surface area contributed by atoms with Crippen LogP contribution in [0.25, 0.3) is 5.65 Å². The number of hydrogen-bond donors (Lipinski definition) is 0. The van der Waals surface area contributed by atoms with Crippen LogP contribution in [-0.4, -0.2) is 26.5 Å². The molecule has 0 saturated carbocycles. The minimum atomic E-state index is 0.492. The number of rotatable bonds is 3. The molecule has 0 atom stereocenters. The average molecular weight is 240 g/mol. The molecule has 0 bridgehead atoms. The Hall–Kier alpha value is -2.43. The molecule has 0 spiro atoms. The van der Waals surface area contributed by atoms with E-state index in [9.17, 15) is 0 Å². The van der Waals surface area contributed by atoms with Gasteiger partial charge in [-0.25, -0.2) is 14.4 Å². The molecule has 0 amide bonds. The van der Waals surface area contributed by atoms with Gasteiger partial charge in [0.2, 0.25) is 0 Å². The predicted octanol–water partition coefficient (Wildman–Crippen LogP) is 1.72. The van der Waals surface area contributed by atoms with Crippen molar-refractivity contribution in [3.63, 3.8) is 0 Å². The third-order valence-electron chi connectivity index (χ3n) is 2.77. The summed E-state index contributed by atoms with van der Waals surface area (Å²) in [5, 5.41) is 0. The summed E-state index contributed by atoms with van der Waals surface area (Å²) < 4.78 is 6.91. The summed E-state index contributed by atoms with van der Waals surface area (Å²) in [4.78, 5) is 12.7.